The maximum Gasteiger partial charge on any atom is 0.424 e. The Kier molecular flexibility index (Phi) is 3.91. The Bertz CT molecular complexity index is 998. The summed E-state index contributed by atoms with van der Waals surface area (Å²) in [7, 11) is 2.55. The monoisotopic (exact) mass is 327 g/mol. The fourth-order valence-electron chi connectivity index (χ4n) is 2.40. The second kappa shape index (κ2) is 6.04. The Hall–Kier alpha value is -3.35. The molecule has 1 aromatic heterocycles. The van der Waals surface area contributed by atoms with E-state index < -0.39 is 17.7 Å². The van der Waals surface area contributed by atoms with Crippen LogP contribution in [0.25, 0.3) is 16.8 Å². The van der Waals surface area contributed by atoms with Crippen LogP contribution in [-0.4, -0.2) is 30.7 Å². The molecular formula is C17H13NO6. The molecule has 0 fully saturated rings. The van der Waals surface area contributed by atoms with Gasteiger partial charge in [0.05, 0.1) is 36.6 Å². The summed E-state index contributed by atoms with van der Waals surface area (Å²) in [6.45, 7) is 0. The molecule has 0 amide bonds. The molecule has 24 heavy (non-hydrogen) atoms. The molecule has 122 valence electrons. The van der Waals surface area contributed by atoms with Crippen LogP contribution in [0.3, 0.4) is 0 Å². The standard InChI is InChI=1S/C17H13NO6/c1-22-15(19)10-4-3-5-12(8-10)18-13-9-11(16(20)23-2)6-7-14(13)24-17(18)21/h3-9H,1-2H3. The van der Waals surface area contributed by atoms with E-state index in [0.29, 0.717) is 22.4 Å². The Morgan fingerprint density at radius 3 is 2.29 bits per heavy atom. The first kappa shape index (κ1) is 15.5. The number of esters is 2. The Labute approximate surface area is 136 Å². The average molecular weight is 327 g/mol. The highest BCUT2D eigenvalue weighted by Crippen LogP contribution is 2.20. The van der Waals surface area contributed by atoms with Gasteiger partial charge in [-0.3, -0.25) is 0 Å². The summed E-state index contributed by atoms with van der Waals surface area (Å²) < 4.78 is 15.8. The van der Waals surface area contributed by atoms with E-state index in [9.17, 15) is 14.4 Å². The molecule has 0 N–H and O–H groups in total. The van der Waals surface area contributed by atoms with Crippen LogP contribution in [0.5, 0.6) is 0 Å². The number of aromatic nitrogens is 1. The smallest absolute Gasteiger partial charge is 0.424 e. The van der Waals surface area contributed by atoms with Crippen LogP contribution in [-0.2, 0) is 9.47 Å². The number of rotatable bonds is 3. The number of ether oxygens (including phenoxy) is 2. The molecule has 0 unspecified atom stereocenters. The number of oxazole rings is 1. The molecule has 7 nitrogen and oxygen atoms in total. The number of carbonyl (C=O) groups excluding carboxylic acids is 2. The highest BCUT2D eigenvalue weighted by Gasteiger charge is 2.16. The van der Waals surface area contributed by atoms with E-state index in [-0.39, 0.29) is 5.56 Å². The van der Waals surface area contributed by atoms with E-state index >= 15 is 0 Å². The molecule has 0 aliphatic rings. The predicted molar refractivity (Wildman–Crippen MR) is 84.5 cm³/mol. The van der Waals surface area contributed by atoms with Crippen LogP contribution < -0.4 is 5.76 Å². The van der Waals surface area contributed by atoms with E-state index in [1.807, 2.05) is 0 Å². The summed E-state index contributed by atoms with van der Waals surface area (Å²) in [5.41, 5.74) is 1.70. The van der Waals surface area contributed by atoms with Crippen LogP contribution in [0.2, 0.25) is 0 Å². The van der Waals surface area contributed by atoms with E-state index in [1.165, 1.54) is 43.1 Å². The second-order valence-corrected chi connectivity index (χ2v) is 4.92. The van der Waals surface area contributed by atoms with Gasteiger partial charge in [0.2, 0.25) is 0 Å². The molecule has 3 aromatic rings. The number of fused-ring (bicyclic) bond motifs is 1. The Balaban J connectivity index is 2.22. The van der Waals surface area contributed by atoms with E-state index in [1.54, 1.807) is 18.2 Å². The normalized spacial score (nSPS) is 10.6. The molecule has 0 atom stereocenters. The van der Waals surface area contributed by atoms with Crippen LogP contribution in [0.15, 0.2) is 51.7 Å². The fourth-order valence-corrected chi connectivity index (χ4v) is 2.40. The third-order valence-corrected chi connectivity index (χ3v) is 3.53. The van der Waals surface area contributed by atoms with Gasteiger partial charge >= 0.3 is 17.7 Å². The zero-order valence-electron chi connectivity index (χ0n) is 12.9. The molecule has 2 aromatic carbocycles. The third-order valence-electron chi connectivity index (χ3n) is 3.53. The summed E-state index contributed by atoms with van der Waals surface area (Å²) in [4.78, 5) is 35.6. The molecule has 0 radical (unpaired) electrons. The highest BCUT2D eigenvalue weighted by atomic mass is 16.5. The van der Waals surface area contributed by atoms with Gasteiger partial charge < -0.3 is 13.9 Å². The van der Waals surface area contributed by atoms with Crippen molar-refractivity contribution < 1.29 is 23.5 Å². The van der Waals surface area contributed by atoms with Crippen LogP contribution in [0.1, 0.15) is 20.7 Å². The minimum Gasteiger partial charge on any atom is -0.465 e. The van der Waals surface area contributed by atoms with Gasteiger partial charge in [-0.15, -0.1) is 0 Å². The summed E-state index contributed by atoms with van der Waals surface area (Å²) >= 11 is 0. The first-order valence-electron chi connectivity index (χ1n) is 6.98. The van der Waals surface area contributed by atoms with Gasteiger partial charge in [-0.05, 0) is 36.4 Å². The summed E-state index contributed by atoms with van der Waals surface area (Å²) in [6, 6.07) is 10.9. The first-order valence-corrected chi connectivity index (χ1v) is 6.98. The topological polar surface area (TPSA) is 87.7 Å². The molecule has 0 saturated heterocycles. The minimum absolute atomic E-state index is 0.281. The van der Waals surface area contributed by atoms with Crippen molar-refractivity contribution >= 4 is 23.0 Å². The summed E-state index contributed by atoms with van der Waals surface area (Å²) in [5.74, 6) is -1.68. The van der Waals surface area contributed by atoms with Gasteiger partial charge in [0.15, 0.2) is 5.58 Å². The Morgan fingerprint density at radius 1 is 0.958 bits per heavy atom. The van der Waals surface area contributed by atoms with Crippen molar-refractivity contribution in [2.45, 2.75) is 0 Å². The lowest BCUT2D eigenvalue weighted by Gasteiger charge is -2.05. The van der Waals surface area contributed by atoms with E-state index in [0.717, 1.165) is 0 Å². The van der Waals surface area contributed by atoms with Gasteiger partial charge in [-0.25, -0.2) is 19.0 Å². The molecular weight excluding hydrogens is 314 g/mol. The van der Waals surface area contributed by atoms with Gasteiger partial charge in [0, 0.05) is 0 Å². The molecule has 0 spiro atoms. The number of nitrogens with zero attached hydrogens (tertiary/aromatic N) is 1. The number of methoxy groups -OCH3 is 2. The number of hydrogen-bond acceptors (Lipinski definition) is 6. The van der Waals surface area contributed by atoms with Gasteiger partial charge in [0.25, 0.3) is 0 Å². The van der Waals surface area contributed by atoms with E-state index in [4.69, 9.17) is 4.42 Å². The van der Waals surface area contributed by atoms with Crippen LogP contribution in [0, 0.1) is 0 Å². The zero-order valence-corrected chi connectivity index (χ0v) is 12.9. The molecule has 0 bridgehead atoms. The number of carbonyl (C=O) groups is 2. The third kappa shape index (κ3) is 2.56. The van der Waals surface area contributed by atoms with Gasteiger partial charge in [-0.2, -0.15) is 0 Å². The molecule has 7 heteroatoms. The molecule has 0 saturated carbocycles. The lowest BCUT2D eigenvalue weighted by Crippen LogP contribution is -2.13. The lowest BCUT2D eigenvalue weighted by molar-refractivity contribution is 0.0592. The maximum atomic E-state index is 12.2. The fraction of sp³-hybridized carbons (Fsp3) is 0.118. The van der Waals surface area contributed by atoms with E-state index in [2.05, 4.69) is 9.47 Å². The lowest BCUT2D eigenvalue weighted by atomic mass is 10.1. The Morgan fingerprint density at radius 2 is 1.62 bits per heavy atom. The largest absolute Gasteiger partial charge is 0.465 e. The number of hydrogen-bond donors (Lipinski definition) is 0. The maximum absolute atomic E-state index is 12.2. The zero-order chi connectivity index (χ0) is 17.3. The average Bonchev–Trinajstić information content (AvgIpc) is 2.95. The quantitative estimate of drug-likeness (QED) is 0.685. The molecule has 0 aliphatic carbocycles. The predicted octanol–water partition coefficient (Wildman–Crippen LogP) is 2.16. The van der Waals surface area contributed by atoms with Crippen LogP contribution in [0.4, 0.5) is 0 Å². The second-order valence-electron chi connectivity index (χ2n) is 4.92. The molecule has 3 rings (SSSR count). The van der Waals surface area contributed by atoms with Crippen molar-refractivity contribution in [1.82, 2.24) is 4.57 Å². The van der Waals surface area contributed by atoms with Crippen molar-refractivity contribution in [1.29, 1.82) is 0 Å². The van der Waals surface area contributed by atoms with Crippen LogP contribution >= 0.6 is 0 Å². The summed E-state index contributed by atoms with van der Waals surface area (Å²) in [5, 5.41) is 0. The van der Waals surface area contributed by atoms with Crippen molar-refractivity contribution in [2.75, 3.05) is 14.2 Å². The first-order chi connectivity index (χ1) is 11.5. The molecule has 0 aliphatic heterocycles. The molecule has 1 heterocycles. The van der Waals surface area contributed by atoms with Crippen molar-refractivity contribution in [3.63, 3.8) is 0 Å². The SMILES string of the molecule is COC(=O)c1cccc(-n2c(=O)oc3ccc(C(=O)OC)cc32)c1. The highest BCUT2D eigenvalue weighted by molar-refractivity contribution is 5.94. The van der Waals surface area contributed by atoms with Crippen molar-refractivity contribution in [3.05, 3.63) is 64.1 Å². The summed E-state index contributed by atoms with van der Waals surface area (Å²) in [6.07, 6.45) is 0. The van der Waals surface area contributed by atoms with Crippen molar-refractivity contribution in [2.24, 2.45) is 0 Å². The number of benzene rings is 2. The minimum atomic E-state index is -0.631. The van der Waals surface area contributed by atoms with Crippen molar-refractivity contribution in [3.8, 4) is 5.69 Å². The van der Waals surface area contributed by atoms with Gasteiger partial charge in [-0.1, -0.05) is 6.07 Å². The van der Waals surface area contributed by atoms with Gasteiger partial charge in [0.1, 0.15) is 0 Å².